The minimum absolute atomic E-state index is 0.0935. The highest BCUT2D eigenvalue weighted by molar-refractivity contribution is 7.08. The van der Waals surface area contributed by atoms with Gasteiger partial charge in [-0.3, -0.25) is 14.8 Å². The van der Waals surface area contributed by atoms with E-state index in [0.717, 1.165) is 33.3 Å². The van der Waals surface area contributed by atoms with Crippen LogP contribution in [0.4, 0.5) is 0 Å². The molecule has 1 N–H and O–H groups in total. The summed E-state index contributed by atoms with van der Waals surface area (Å²) in [4.78, 5) is 21.3. The molecule has 3 aromatic heterocycles. The first kappa shape index (κ1) is 16.4. The topological polar surface area (TPSA) is 54.9 Å². The Hall–Kier alpha value is -3.05. The number of aromatic nitrogens is 2. The van der Waals surface area contributed by atoms with Gasteiger partial charge in [0, 0.05) is 40.8 Å². The smallest absolute Gasteiger partial charge is 0.251 e. The lowest BCUT2D eigenvalue weighted by Crippen LogP contribution is -2.22. The van der Waals surface area contributed by atoms with Crippen LogP contribution in [0, 0.1) is 6.92 Å². The maximum Gasteiger partial charge on any atom is 0.251 e. The number of nitrogens with zero attached hydrogens (tertiary/aromatic N) is 2. The van der Waals surface area contributed by atoms with Gasteiger partial charge in [0.25, 0.3) is 5.91 Å². The molecule has 0 aliphatic carbocycles. The predicted molar refractivity (Wildman–Crippen MR) is 105 cm³/mol. The molecule has 128 valence electrons. The Morgan fingerprint density at radius 1 is 1.08 bits per heavy atom. The summed E-state index contributed by atoms with van der Waals surface area (Å²) in [6.45, 7) is 2.48. The van der Waals surface area contributed by atoms with Crippen LogP contribution in [0.15, 0.2) is 65.6 Å². The van der Waals surface area contributed by atoms with Crippen LogP contribution in [0.5, 0.6) is 0 Å². The first-order chi connectivity index (χ1) is 12.7. The summed E-state index contributed by atoms with van der Waals surface area (Å²) in [6, 6.07) is 13.5. The molecule has 0 radical (unpaired) electrons. The molecule has 5 heteroatoms. The van der Waals surface area contributed by atoms with E-state index in [4.69, 9.17) is 0 Å². The van der Waals surface area contributed by atoms with E-state index >= 15 is 0 Å². The molecule has 4 aromatic rings. The SMILES string of the molecule is Cc1ccnc2ccc(C(=O)NCc3ccnc(-c4ccsc4)c3)cc12. The number of carbonyl (C=O) groups is 1. The van der Waals surface area contributed by atoms with Gasteiger partial charge >= 0.3 is 0 Å². The van der Waals surface area contributed by atoms with Crippen molar-refractivity contribution >= 4 is 28.1 Å². The van der Waals surface area contributed by atoms with Crippen molar-refractivity contribution in [3.05, 3.63) is 82.3 Å². The number of thiophene rings is 1. The van der Waals surface area contributed by atoms with Crippen LogP contribution in [0.3, 0.4) is 0 Å². The van der Waals surface area contributed by atoms with Crippen LogP contribution < -0.4 is 5.32 Å². The molecule has 0 saturated carbocycles. The number of aryl methyl sites for hydroxylation is 1. The number of rotatable bonds is 4. The van der Waals surface area contributed by atoms with Crippen molar-refractivity contribution in [1.82, 2.24) is 15.3 Å². The molecule has 0 aliphatic rings. The molecule has 0 atom stereocenters. The second kappa shape index (κ2) is 7.06. The van der Waals surface area contributed by atoms with Crippen molar-refractivity contribution < 1.29 is 4.79 Å². The highest BCUT2D eigenvalue weighted by Gasteiger charge is 2.08. The van der Waals surface area contributed by atoms with Gasteiger partial charge in [-0.25, -0.2) is 0 Å². The average Bonchev–Trinajstić information content (AvgIpc) is 3.21. The molecule has 26 heavy (non-hydrogen) atoms. The highest BCUT2D eigenvalue weighted by atomic mass is 32.1. The largest absolute Gasteiger partial charge is 0.348 e. The van der Waals surface area contributed by atoms with Gasteiger partial charge in [0.05, 0.1) is 11.2 Å². The summed E-state index contributed by atoms with van der Waals surface area (Å²) < 4.78 is 0. The van der Waals surface area contributed by atoms with Crippen molar-refractivity contribution in [3.8, 4) is 11.3 Å². The van der Waals surface area contributed by atoms with E-state index < -0.39 is 0 Å². The zero-order valence-corrected chi connectivity index (χ0v) is 15.1. The summed E-state index contributed by atoms with van der Waals surface area (Å²) in [7, 11) is 0. The first-order valence-corrected chi connectivity index (χ1v) is 9.26. The van der Waals surface area contributed by atoms with Crippen molar-refractivity contribution in [2.24, 2.45) is 0 Å². The van der Waals surface area contributed by atoms with Crippen LogP contribution in [-0.2, 0) is 6.54 Å². The van der Waals surface area contributed by atoms with E-state index in [0.29, 0.717) is 12.1 Å². The molecule has 0 aliphatic heterocycles. The number of amides is 1. The van der Waals surface area contributed by atoms with Crippen molar-refractivity contribution in [2.45, 2.75) is 13.5 Å². The van der Waals surface area contributed by atoms with Gasteiger partial charge in [-0.05, 0) is 65.9 Å². The lowest BCUT2D eigenvalue weighted by atomic mass is 10.1. The lowest BCUT2D eigenvalue weighted by Gasteiger charge is -2.08. The monoisotopic (exact) mass is 359 g/mol. The summed E-state index contributed by atoms with van der Waals surface area (Å²) >= 11 is 1.64. The van der Waals surface area contributed by atoms with Crippen molar-refractivity contribution in [1.29, 1.82) is 0 Å². The first-order valence-electron chi connectivity index (χ1n) is 8.32. The van der Waals surface area contributed by atoms with Crippen LogP contribution in [0.25, 0.3) is 22.2 Å². The molecule has 0 saturated heterocycles. The minimum Gasteiger partial charge on any atom is -0.348 e. The Morgan fingerprint density at radius 3 is 2.81 bits per heavy atom. The molecule has 3 heterocycles. The molecule has 0 bridgehead atoms. The number of nitrogens with one attached hydrogen (secondary N) is 1. The lowest BCUT2D eigenvalue weighted by molar-refractivity contribution is 0.0951. The Labute approximate surface area is 155 Å². The summed E-state index contributed by atoms with van der Waals surface area (Å²) in [5.41, 5.74) is 5.69. The van der Waals surface area contributed by atoms with Crippen LogP contribution in [0.2, 0.25) is 0 Å². The van der Waals surface area contributed by atoms with E-state index in [1.807, 2.05) is 54.8 Å². The van der Waals surface area contributed by atoms with E-state index in [2.05, 4.69) is 20.7 Å². The molecule has 1 amide bonds. The van der Waals surface area contributed by atoms with Gasteiger partial charge in [0.1, 0.15) is 0 Å². The van der Waals surface area contributed by atoms with Crippen LogP contribution in [-0.4, -0.2) is 15.9 Å². The van der Waals surface area contributed by atoms with Crippen molar-refractivity contribution in [2.75, 3.05) is 0 Å². The number of fused-ring (bicyclic) bond motifs is 1. The second-order valence-electron chi connectivity index (χ2n) is 6.10. The van der Waals surface area contributed by atoms with E-state index in [9.17, 15) is 4.79 Å². The Morgan fingerprint density at radius 2 is 1.96 bits per heavy atom. The second-order valence-corrected chi connectivity index (χ2v) is 6.88. The number of hydrogen-bond donors (Lipinski definition) is 1. The molecule has 4 nitrogen and oxygen atoms in total. The third kappa shape index (κ3) is 3.34. The molecular weight excluding hydrogens is 342 g/mol. The average molecular weight is 359 g/mol. The van der Waals surface area contributed by atoms with Crippen LogP contribution in [0.1, 0.15) is 21.5 Å². The van der Waals surface area contributed by atoms with E-state index in [1.54, 1.807) is 23.7 Å². The standard InChI is InChI=1S/C21H17N3OS/c1-14-4-7-22-19-3-2-16(11-18(14)19)21(25)24-12-15-5-8-23-20(10-15)17-6-9-26-13-17/h2-11,13H,12H2,1H3,(H,24,25). The zero-order chi connectivity index (χ0) is 17.9. The van der Waals surface area contributed by atoms with Gasteiger partial charge in [-0.15, -0.1) is 0 Å². The third-order valence-electron chi connectivity index (χ3n) is 4.32. The molecule has 1 aromatic carbocycles. The summed E-state index contributed by atoms with van der Waals surface area (Å²) in [5, 5.41) is 8.09. The number of benzene rings is 1. The minimum atomic E-state index is -0.0935. The van der Waals surface area contributed by atoms with Gasteiger partial charge in [-0.2, -0.15) is 11.3 Å². The predicted octanol–water partition coefficient (Wildman–Crippen LogP) is 4.60. The molecular formula is C21H17N3OS. The molecule has 0 fully saturated rings. The van der Waals surface area contributed by atoms with Crippen molar-refractivity contribution in [3.63, 3.8) is 0 Å². The zero-order valence-electron chi connectivity index (χ0n) is 14.3. The van der Waals surface area contributed by atoms with E-state index in [-0.39, 0.29) is 5.91 Å². The molecule has 0 unspecified atom stereocenters. The molecule has 4 rings (SSSR count). The number of carbonyl (C=O) groups excluding carboxylic acids is 1. The maximum atomic E-state index is 12.5. The number of pyridine rings is 2. The Kier molecular flexibility index (Phi) is 4.46. The van der Waals surface area contributed by atoms with Gasteiger partial charge in [0.15, 0.2) is 0 Å². The fraction of sp³-hybridized carbons (Fsp3) is 0.0952. The van der Waals surface area contributed by atoms with Gasteiger partial charge < -0.3 is 5.32 Å². The summed E-state index contributed by atoms with van der Waals surface area (Å²) in [5.74, 6) is -0.0935. The van der Waals surface area contributed by atoms with Crippen LogP contribution >= 0.6 is 11.3 Å². The fourth-order valence-electron chi connectivity index (χ4n) is 2.86. The molecule has 0 spiro atoms. The highest BCUT2D eigenvalue weighted by Crippen LogP contribution is 2.21. The Bertz CT molecular complexity index is 1070. The van der Waals surface area contributed by atoms with Gasteiger partial charge in [-0.1, -0.05) is 0 Å². The summed E-state index contributed by atoms with van der Waals surface area (Å²) in [6.07, 6.45) is 3.56. The maximum absolute atomic E-state index is 12.5. The van der Waals surface area contributed by atoms with Gasteiger partial charge in [0.2, 0.25) is 0 Å². The number of hydrogen-bond acceptors (Lipinski definition) is 4. The third-order valence-corrected chi connectivity index (χ3v) is 5.00. The Balaban J connectivity index is 1.51. The van der Waals surface area contributed by atoms with E-state index in [1.165, 1.54) is 0 Å². The normalized spacial score (nSPS) is 10.8. The quantitative estimate of drug-likeness (QED) is 0.579. The fourth-order valence-corrected chi connectivity index (χ4v) is 3.51.